The second kappa shape index (κ2) is 8.96. The minimum atomic E-state index is 0.555. The average Bonchev–Trinajstić information content (AvgIpc) is 3.49. The molecule has 0 spiro atoms. The average molecular weight is 523 g/mol. The number of amidine groups is 2. The number of fused-ring (bicyclic) bond motifs is 3. The van der Waals surface area contributed by atoms with Gasteiger partial charge in [-0.1, -0.05) is 60.7 Å². The number of thiophene rings is 3. The maximum Gasteiger partial charge on any atom is 0.161 e. The highest BCUT2D eigenvalue weighted by Crippen LogP contribution is 2.46. The van der Waals surface area contributed by atoms with Crippen molar-refractivity contribution in [1.82, 2.24) is 0 Å². The fourth-order valence-corrected chi connectivity index (χ4v) is 7.87. The molecule has 0 bridgehead atoms. The van der Waals surface area contributed by atoms with Gasteiger partial charge in [0.25, 0.3) is 0 Å². The lowest BCUT2D eigenvalue weighted by Gasteiger charge is -2.04. The van der Waals surface area contributed by atoms with Crippen molar-refractivity contribution in [3.63, 3.8) is 0 Å². The van der Waals surface area contributed by atoms with Crippen LogP contribution in [-0.2, 0) is 6.54 Å². The minimum Gasteiger partial charge on any atom is -0.261 e. The first-order valence-electron chi connectivity index (χ1n) is 9.51. The Hall–Kier alpha value is -2.45. The summed E-state index contributed by atoms with van der Waals surface area (Å²) in [7, 11) is 0. The highest BCUT2D eigenvalue weighted by molar-refractivity contribution is 9.10. The molecule has 0 saturated heterocycles. The van der Waals surface area contributed by atoms with Crippen LogP contribution in [0.25, 0.3) is 18.8 Å². The van der Waals surface area contributed by atoms with Crippen molar-refractivity contribution in [2.45, 2.75) is 6.54 Å². The maximum absolute atomic E-state index is 4.92. The van der Waals surface area contributed by atoms with Crippen molar-refractivity contribution < 1.29 is 0 Å². The molecule has 0 saturated carbocycles. The molecule has 0 unspecified atom stereocenters. The first-order valence-corrected chi connectivity index (χ1v) is 12.9. The first kappa shape index (κ1) is 20.5. The van der Waals surface area contributed by atoms with E-state index in [1.807, 2.05) is 48.5 Å². The monoisotopic (exact) mass is 521 g/mol. The highest BCUT2D eigenvalue weighted by atomic mass is 79.9. The van der Waals surface area contributed by atoms with E-state index in [1.54, 1.807) is 34.0 Å². The second-order valence-electron chi connectivity index (χ2n) is 6.74. The van der Waals surface area contributed by atoms with E-state index < -0.39 is 0 Å². The molecule has 3 heterocycles. The molecule has 5 rings (SSSR count). The van der Waals surface area contributed by atoms with E-state index in [-0.39, 0.29) is 0 Å². The maximum atomic E-state index is 4.92. The summed E-state index contributed by atoms with van der Waals surface area (Å²) in [5, 5.41) is 4.31. The molecule has 3 aromatic heterocycles. The quantitative estimate of drug-likeness (QED) is 0.169. The van der Waals surface area contributed by atoms with Crippen LogP contribution in [0.4, 0.5) is 0 Å². The number of benzene rings is 2. The molecule has 0 aliphatic heterocycles. The van der Waals surface area contributed by atoms with Crippen molar-refractivity contribution in [1.29, 1.82) is 0 Å². The van der Waals surface area contributed by atoms with Crippen LogP contribution < -0.4 is 0 Å². The molecule has 0 N–H and O–H groups in total. The van der Waals surface area contributed by atoms with E-state index >= 15 is 0 Å². The molecule has 31 heavy (non-hydrogen) atoms. The summed E-state index contributed by atoms with van der Waals surface area (Å²) in [6.45, 7) is 4.31. The lowest BCUT2D eigenvalue weighted by atomic mass is 10.2. The fourth-order valence-electron chi connectivity index (χ4n) is 3.25. The van der Waals surface area contributed by atoms with Crippen LogP contribution in [0.5, 0.6) is 0 Å². The third-order valence-electron chi connectivity index (χ3n) is 4.75. The molecule has 0 amide bonds. The molecule has 0 aliphatic rings. The summed E-state index contributed by atoms with van der Waals surface area (Å²) in [5.41, 5.74) is 3.11. The van der Waals surface area contributed by atoms with Crippen molar-refractivity contribution in [3.8, 4) is 0 Å². The van der Waals surface area contributed by atoms with Gasteiger partial charge in [-0.3, -0.25) is 4.99 Å². The Morgan fingerprint density at radius 1 is 0.806 bits per heavy atom. The summed E-state index contributed by atoms with van der Waals surface area (Å²) >= 11 is 8.98. The Morgan fingerprint density at radius 3 is 2.23 bits per heavy atom. The molecule has 2 aromatic carbocycles. The van der Waals surface area contributed by atoms with Gasteiger partial charge < -0.3 is 0 Å². The zero-order valence-corrected chi connectivity index (χ0v) is 20.3. The highest BCUT2D eigenvalue weighted by Gasteiger charge is 2.18. The van der Waals surface area contributed by atoms with E-state index in [1.165, 1.54) is 18.8 Å². The van der Waals surface area contributed by atoms with Crippen molar-refractivity contribution in [2.75, 3.05) is 0 Å². The third kappa shape index (κ3) is 4.06. The van der Waals surface area contributed by atoms with Gasteiger partial charge in [0.15, 0.2) is 11.7 Å². The van der Waals surface area contributed by atoms with Gasteiger partial charge >= 0.3 is 0 Å². The van der Waals surface area contributed by atoms with Gasteiger partial charge in [-0.15, -0.1) is 34.0 Å². The summed E-state index contributed by atoms with van der Waals surface area (Å²) in [5.74, 6) is 1.26. The topological polar surface area (TPSA) is 37.1 Å². The van der Waals surface area contributed by atoms with Crippen LogP contribution in [0.1, 0.15) is 16.7 Å². The van der Waals surface area contributed by atoms with Gasteiger partial charge in [0.1, 0.15) is 0 Å². The van der Waals surface area contributed by atoms with Gasteiger partial charge in [-0.2, -0.15) is 0 Å². The molecular weight excluding hydrogens is 506 g/mol. The van der Waals surface area contributed by atoms with Gasteiger partial charge in [-0.05, 0) is 28.2 Å². The molecule has 0 radical (unpaired) electrons. The predicted octanol–water partition coefficient (Wildman–Crippen LogP) is 8.03. The van der Waals surface area contributed by atoms with Gasteiger partial charge in [-0.25, -0.2) is 9.98 Å². The lowest BCUT2D eigenvalue weighted by Crippen LogP contribution is -2.04. The normalized spacial score (nSPS) is 12.7. The Morgan fingerprint density at radius 2 is 1.48 bits per heavy atom. The van der Waals surface area contributed by atoms with E-state index in [4.69, 9.17) is 9.98 Å². The molecule has 0 fully saturated rings. The van der Waals surface area contributed by atoms with Crippen molar-refractivity contribution >= 4 is 87.1 Å². The van der Waals surface area contributed by atoms with E-state index in [0.29, 0.717) is 18.2 Å². The second-order valence-corrected chi connectivity index (χ2v) is 10.4. The Bertz CT molecular complexity index is 1430. The van der Waals surface area contributed by atoms with Crippen LogP contribution in [0, 0.1) is 0 Å². The first-order chi connectivity index (χ1) is 15.2. The molecule has 7 heteroatoms. The molecule has 0 atom stereocenters. The molecule has 3 nitrogen and oxygen atoms in total. The van der Waals surface area contributed by atoms with Crippen LogP contribution in [0.2, 0.25) is 0 Å². The number of nitrogens with zero attached hydrogens (tertiary/aromatic N) is 3. The SMILES string of the molecule is C=NC(=NC(=NCc1ccccc1)c1csc2c1sc1c(Br)csc12)c1ccccc1. The zero-order chi connectivity index (χ0) is 21.2. The molecule has 5 aromatic rings. The number of halogens is 1. The van der Waals surface area contributed by atoms with Crippen molar-refractivity contribution in [2.24, 2.45) is 15.0 Å². The molecule has 152 valence electrons. The third-order valence-corrected chi connectivity index (χ3v) is 9.58. The number of hydrogen-bond acceptors (Lipinski definition) is 4. The lowest BCUT2D eigenvalue weighted by molar-refractivity contribution is 1.06. The molecule has 0 aliphatic carbocycles. The Kier molecular flexibility index (Phi) is 5.91. The Labute approximate surface area is 200 Å². The summed E-state index contributed by atoms with van der Waals surface area (Å²) in [6, 6.07) is 20.1. The van der Waals surface area contributed by atoms with Gasteiger partial charge in [0.2, 0.25) is 0 Å². The minimum absolute atomic E-state index is 0.555. The van der Waals surface area contributed by atoms with Gasteiger partial charge in [0.05, 0.1) is 25.3 Å². The van der Waals surface area contributed by atoms with Crippen LogP contribution >= 0.6 is 49.9 Å². The number of aliphatic imine (C=N–C) groups is 3. The summed E-state index contributed by atoms with van der Waals surface area (Å²) in [6.07, 6.45) is 0. The summed E-state index contributed by atoms with van der Waals surface area (Å²) < 4.78 is 6.26. The van der Waals surface area contributed by atoms with E-state index in [9.17, 15) is 0 Å². The summed E-state index contributed by atoms with van der Waals surface area (Å²) in [4.78, 5) is 14.0. The van der Waals surface area contributed by atoms with E-state index in [0.717, 1.165) is 21.2 Å². The smallest absolute Gasteiger partial charge is 0.161 e. The number of rotatable bonds is 4. The largest absolute Gasteiger partial charge is 0.261 e. The Balaban J connectivity index is 1.66. The van der Waals surface area contributed by atoms with Crippen LogP contribution in [0.15, 0.2) is 90.9 Å². The predicted molar refractivity (Wildman–Crippen MR) is 142 cm³/mol. The van der Waals surface area contributed by atoms with Gasteiger partial charge in [0, 0.05) is 26.4 Å². The molecular formula is C24H16BrN3S3. The zero-order valence-electron chi connectivity index (χ0n) is 16.3. The van der Waals surface area contributed by atoms with Crippen LogP contribution in [0.3, 0.4) is 0 Å². The van der Waals surface area contributed by atoms with Crippen LogP contribution in [-0.4, -0.2) is 18.4 Å². The standard InChI is InChI=1S/C24H16BrN3S3/c1-26-23(16-10-6-3-7-11-16)28-24(27-12-15-8-4-2-5-9-15)17-13-29-21-19(17)31-20-18(25)14-30-22(20)21/h2-11,13-14H,1,12H2. The van der Waals surface area contributed by atoms with Crippen molar-refractivity contribution in [3.05, 3.63) is 92.6 Å². The van der Waals surface area contributed by atoms with E-state index in [2.05, 4.69) is 50.5 Å². The fraction of sp³-hybridized carbons (Fsp3) is 0.0417. The number of hydrogen-bond donors (Lipinski definition) is 0.